The molecule has 5 nitrogen and oxygen atoms in total. The third-order valence-corrected chi connectivity index (χ3v) is 5.33. The van der Waals surface area contributed by atoms with Crippen molar-refractivity contribution in [3.8, 4) is 12.3 Å². The minimum absolute atomic E-state index is 0.0352. The normalized spacial score (nSPS) is 12.7. The van der Waals surface area contributed by atoms with Gasteiger partial charge in [-0.05, 0) is 35.7 Å². The number of methoxy groups -OCH3 is 1. The maximum atomic E-state index is 12.0. The van der Waals surface area contributed by atoms with Crippen LogP contribution in [0.5, 0.6) is 0 Å². The molecule has 2 atom stereocenters. The van der Waals surface area contributed by atoms with Gasteiger partial charge in [0, 0.05) is 22.5 Å². The summed E-state index contributed by atoms with van der Waals surface area (Å²) in [5.41, 5.74) is 4.68. The van der Waals surface area contributed by atoms with E-state index in [0.717, 1.165) is 27.7 Å². The second kappa shape index (κ2) is 9.32. The van der Waals surface area contributed by atoms with E-state index in [0.29, 0.717) is 12.0 Å². The van der Waals surface area contributed by atoms with Crippen molar-refractivity contribution in [1.29, 1.82) is 0 Å². The van der Waals surface area contributed by atoms with Crippen LogP contribution in [0.2, 0.25) is 0 Å². The van der Waals surface area contributed by atoms with E-state index < -0.39 is 5.97 Å². The van der Waals surface area contributed by atoms with Crippen LogP contribution in [0.3, 0.4) is 0 Å². The molecule has 0 aliphatic carbocycles. The first-order valence-corrected chi connectivity index (χ1v) is 9.84. The summed E-state index contributed by atoms with van der Waals surface area (Å²) in [7, 11) is 1.41. The van der Waals surface area contributed by atoms with Crippen LogP contribution < -0.4 is 0 Å². The van der Waals surface area contributed by atoms with Crippen molar-refractivity contribution in [3.63, 3.8) is 0 Å². The molecule has 0 radical (unpaired) electrons. The number of rotatable bonds is 7. The van der Waals surface area contributed by atoms with Crippen LogP contribution in [0, 0.1) is 18.3 Å². The average molecular weight is 403 g/mol. The maximum Gasteiger partial charge on any atom is 0.339 e. The molecular weight excluding hydrogens is 378 g/mol. The monoisotopic (exact) mass is 403 g/mol. The van der Waals surface area contributed by atoms with Crippen molar-refractivity contribution < 1.29 is 19.1 Å². The van der Waals surface area contributed by atoms with Gasteiger partial charge >= 0.3 is 11.9 Å². The molecule has 0 aliphatic rings. The fourth-order valence-electron chi connectivity index (χ4n) is 3.67. The van der Waals surface area contributed by atoms with E-state index in [1.807, 2.05) is 37.3 Å². The lowest BCUT2D eigenvalue weighted by molar-refractivity contribution is -0.144. The molecule has 0 spiro atoms. The Kier molecular flexibility index (Phi) is 6.58. The molecule has 0 fully saturated rings. The van der Waals surface area contributed by atoms with Gasteiger partial charge in [0.1, 0.15) is 0 Å². The third kappa shape index (κ3) is 4.38. The molecule has 5 heteroatoms. The average Bonchev–Trinajstić information content (AvgIpc) is 3.14. The second-order valence-electron chi connectivity index (χ2n) is 7.32. The van der Waals surface area contributed by atoms with Crippen molar-refractivity contribution in [3.05, 3.63) is 70.9 Å². The topological polar surface area (TPSA) is 68.4 Å². The van der Waals surface area contributed by atoms with Gasteiger partial charge < -0.3 is 14.5 Å². The number of para-hydroxylation sites is 1. The number of esters is 2. The summed E-state index contributed by atoms with van der Waals surface area (Å²) < 4.78 is 9.89. The van der Waals surface area contributed by atoms with Gasteiger partial charge in [-0.25, -0.2) is 4.79 Å². The van der Waals surface area contributed by atoms with Crippen molar-refractivity contribution in [2.45, 2.75) is 26.2 Å². The highest BCUT2D eigenvalue weighted by molar-refractivity contribution is 5.89. The summed E-state index contributed by atoms with van der Waals surface area (Å²) in [5, 5.41) is 1.10. The number of aromatic amines is 1. The smallest absolute Gasteiger partial charge is 0.339 e. The zero-order chi connectivity index (χ0) is 21.7. The van der Waals surface area contributed by atoms with Crippen LogP contribution in [0.4, 0.5) is 0 Å². The van der Waals surface area contributed by atoms with E-state index >= 15 is 0 Å². The molecule has 2 aromatic carbocycles. The highest BCUT2D eigenvalue weighted by Crippen LogP contribution is 2.33. The van der Waals surface area contributed by atoms with E-state index in [1.54, 1.807) is 12.1 Å². The molecule has 1 aromatic heterocycles. The van der Waals surface area contributed by atoms with Crippen LogP contribution in [0.15, 0.2) is 48.5 Å². The van der Waals surface area contributed by atoms with Gasteiger partial charge in [-0.15, -0.1) is 6.42 Å². The third-order valence-electron chi connectivity index (χ3n) is 5.33. The number of terminal acetylenes is 1. The quantitative estimate of drug-likeness (QED) is 0.467. The lowest BCUT2D eigenvalue weighted by atomic mass is 9.90. The molecule has 3 rings (SSSR count). The van der Waals surface area contributed by atoms with Crippen LogP contribution in [0.25, 0.3) is 10.9 Å². The summed E-state index contributed by atoms with van der Waals surface area (Å²) in [6, 6.07) is 15.4. The molecule has 154 valence electrons. The molecule has 1 N–H and O–H groups in total. The minimum Gasteiger partial charge on any atom is -0.469 e. The number of fused-ring (bicyclic) bond motifs is 1. The van der Waals surface area contributed by atoms with Crippen molar-refractivity contribution in [1.82, 2.24) is 4.98 Å². The molecule has 1 unspecified atom stereocenters. The van der Waals surface area contributed by atoms with E-state index in [2.05, 4.69) is 23.9 Å². The number of hydrogen-bond acceptors (Lipinski definition) is 4. The fourth-order valence-corrected chi connectivity index (χ4v) is 3.67. The number of nitrogens with one attached hydrogen (secondary N) is 1. The molecule has 0 saturated carbocycles. The number of ether oxygens (including phenoxy) is 2. The van der Waals surface area contributed by atoms with Crippen LogP contribution >= 0.6 is 0 Å². The van der Waals surface area contributed by atoms with Gasteiger partial charge in [-0.1, -0.05) is 50.1 Å². The van der Waals surface area contributed by atoms with E-state index in [1.165, 1.54) is 7.11 Å². The summed E-state index contributed by atoms with van der Waals surface area (Å²) in [5.74, 6) is 1.40. The van der Waals surface area contributed by atoms with Gasteiger partial charge in [-0.2, -0.15) is 0 Å². The number of H-pyrrole nitrogens is 1. The number of benzene rings is 2. The van der Waals surface area contributed by atoms with Crippen molar-refractivity contribution in [2.24, 2.45) is 5.92 Å². The first kappa shape index (κ1) is 21.2. The Morgan fingerprint density at radius 2 is 1.80 bits per heavy atom. The summed E-state index contributed by atoms with van der Waals surface area (Å²) >= 11 is 0. The first-order valence-electron chi connectivity index (χ1n) is 9.84. The predicted molar refractivity (Wildman–Crippen MR) is 116 cm³/mol. The van der Waals surface area contributed by atoms with Crippen LogP contribution in [0.1, 0.15) is 46.9 Å². The Hall–Kier alpha value is -3.52. The Balaban J connectivity index is 1.93. The molecule has 0 bridgehead atoms. The Morgan fingerprint density at radius 1 is 1.10 bits per heavy atom. The number of hydrogen-bond donors (Lipinski definition) is 1. The van der Waals surface area contributed by atoms with Gasteiger partial charge in [0.15, 0.2) is 6.61 Å². The molecular formula is C25H25NO4. The van der Waals surface area contributed by atoms with Gasteiger partial charge in [-0.3, -0.25) is 4.79 Å². The Labute approximate surface area is 176 Å². The lowest BCUT2D eigenvalue weighted by Gasteiger charge is -2.16. The summed E-state index contributed by atoms with van der Waals surface area (Å²) in [6.07, 6.45) is 5.71. The van der Waals surface area contributed by atoms with Gasteiger partial charge in [0.05, 0.1) is 18.6 Å². The molecule has 3 aromatic rings. The highest BCUT2D eigenvalue weighted by atomic mass is 16.5. The minimum atomic E-state index is -0.439. The lowest BCUT2D eigenvalue weighted by Crippen LogP contribution is -2.16. The standard InChI is InChI=1S/C25H25NO4/c1-5-14-30-25(28)19-12-10-18(11-13-19)17(3)23-21(15-16(2)24(27)29-4)20-8-6-7-9-22(20)26-23/h1,6-13,16-17,26H,14-15H2,2-4H3/t16-,17?/m0/s1. The molecule has 30 heavy (non-hydrogen) atoms. The van der Waals surface area contributed by atoms with E-state index in [-0.39, 0.29) is 24.4 Å². The fraction of sp³-hybridized carbons (Fsp3) is 0.280. The number of carbonyl (C=O) groups excluding carboxylic acids is 2. The van der Waals surface area contributed by atoms with Gasteiger partial charge in [0.2, 0.25) is 0 Å². The maximum absolute atomic E-state index is 12.0. The predicted octanol–water partition coefficient (Wildman–Crippen LogP) is 4.46. The Bertz CT molecular complexity index is 1090. The van der Waals surface area contributed by atoms with Crippen LogP contribution in [-0.2, 0) is 20.7 Å². The van der Waals surface area contributed by atoms with Crippen molar-refractivity contribution in [2.75, 3.05) is 13.7 Å². The Morgan fingerprint density at radius 3 is 2.47 bits per heavy atom. The zero-order valence-corrected chi connectivity index (χ0v) is 17.4. The number of aromatic nitrogens is 1. The van der Waals surface area contributed by atoms with E-state index in [9.17, 15) is 9.59 Å². The largest absolute Gasteiger partial charge is 0.469 e. The summed E-state index contributed by atoms with van der Waals surface area (Å²) in [6.45, 7) is 3.93. The first-order chi connectivity index (χ1) is 14.5. The van der Waals surface area contributed by atoms with Gasteiger partial charge in [0.25, 0.3) is 0 Å². The second-order valence-corrected chi connectivity index (χ2v) is 7.32. The molecule has 0 aliphatic heterocycles. The SMILES string of the molecule is C#CCOC(=O)c1ccc(C(C)c2[nH]c3ccccc3c2C[C@H](C)C(=O)OC)cc1. The molecule has 0 saturated heterocycles. The molecule has 1 heterocycles. The molecule has 0 amide bonds. The highest BCUT2D eigenvalue weighted by Gasteiger charge is 2.23. The van der Waals surface area contributed by atoms with Crippen molar-refractivity contribution >= 4 is 22.8 Å². The number of carbonyl (C=O) groups is 2. The van der Waals surface area contributed by atoms with Crippen LogP contribution in [-0.4, -0.2) is 30.6 Å². The zero-order valence-electron chi connectivity index (χ0n) is 17.4. The van der Waals surface area contributed by atoms with E-state index in [4.69, 9.17) is 15.9 Å². The summed E-state index contributed by atoms with van der Waals surface area (Å²) in [4.78, 5) is 27.5.